The Balaban J connectivity index is 2.85. The molecule has 0 unspecified atom stereocenters. The Morgan fingerprint density at radius 3 is 2.67 bits per heavy atom. The molecule has 0 amide bonds. The average Bonchev–Trinajstić information content (AvgIpc) is 2.05. The summed E-state index contributed by atoms with van der Waals surface area (Å²) < 4.78 is 6.30. The van der Waals surface area contributed by atoms with Crippen LogP contribution in [0.2, 0.25) is 0 Å². The van der Waals surface area contributed by atoms with Gasteiger partial charge in [0.1, 0.15) is 0 Å². The van der Waals surface area contributed by atoms with Gasteiger partial charge in [0.2, 0.25) is 0 Å². The van der Waals surface area contributed by atoms with Crippen molar-refractivity contribution in [2.75, 3.05) is 0 Å². The highest BCUT2D eigenvalue weighted by Gasteiger charge is 1.96. The second-order valence-corrected chi connectivity index (χ2v) is 1.65. The fourth-order valence-corrected chi connectivity index (χ4v) is 0.574. The molecule has 0 bridgehead atoms. The fourth-order valence-electron chi connectivity index (χ4n) is 0.574. The van der Waals surface area contributed by atoms with Gasteiger partial charge in [0.25, 0.3) is 1.43 Å². The molecule has 0 atom stereocenters. The van der Waals surface area contributed by atoms with Crippen LogP contribution in [-0.4, -0.2) is 11.1 Å². The summed E-state index contributed by atoms with van der Waals surface area (Å²) in [4.78, 5) is 10.6. The second kappa shape index (κ2) is 2.31. The van der Waals surface area contributed by atoms with E-state index in [1.807, 2.05) is 0 Å². The highest BCUT2D eigenvalue weighted by molar-refractivity contribution is 5.87. The molecule has 2 nitrogen and oxygen atoms in total. The molecule has 2 heteroatoms. The van der Waals surface area contributed by atoms with Crippen molar-refractivity contribution in [2.45, 2.75) is 0 Å². The molecule has 0 aliphatic carbocycles. The lowest BCUT2D eigenvalue weighted by molar-refractivity contribution is 0.0697. The number of hydrogen-bond donors (Lipinski definition) is 1. The molecule has 0 aromatic heterocycles. The maximum atomic E-state index is 10.6. The first-order valence-corrected chi connectivity index (χ1v) is 2.57. The van der Waals surface area contributed by atoms with E-state index in [1.54, 1.807) is 30.3 Å². The molecular weight excluding hydrogens is 116 g/mol. The summed E-state index contributed by atoms with van der Waals surface area (Å²) in [6.07, 6.45) is 0. The molecule has 46 valence electrons. The minimum absolute atomic E-state index is 0.400. The molecule has 0 heterocycles. The number of rotatable bonds is 1. The molecule has 0 spiro atoms. The van der Waals surface area contributed by atoms with Gasteiger partial charge in [-0.2, -0.15) is 0 Å². The van der Waals surface area contributed by atoms with Crippen molar-refractivity contribution in [1.29, 1.82) is 1.43 Å². The summed E-state index contributed by atoms with van der Waals surface area (Å²) in [6.45, 7) is 0. The lowest BCUT2D eigenvalue weighted by Gasteiger charge is -1.88. The predicted molar refractivity (Wildman–Crippen MR) is 33.4 cm³/mol. The van der Waals surface area contributed by atoms with Crippen molar-refractivity contribution in [3.8, 4) is 0 Å². The summed E-state index contributed by atoms with van der Waals surface area (Å²) in [6, 6.07) is 8.41. The third kappa shape index (κ3) is 1.29. The second-order valence-electron chi connectivity index (χ2n) is 1.65. The SMILES string of the molecule is [2H]OC(=O)c1ccccc1. The van der Waals surface area contributed by atoms with Crippen LogP contribution in [-0.2, 0) is 0 Å². The fraction of sp³-hybridized carbons (Fsp3) is 0. The van der Waals surface area contributed by atoms with Crippen molar-refractivity contribution >= 4 is 5.97 Å². The minimum atomic E-state index is -0.624. The lowest BCUT2D eigenvalue weighted by Crippen LogP contribution is -1.93. The zero-order valence-electron chi connectivity index (χ0n) is 5.70. The zero-order chi connectivity index (χ0) is 7.40. The van der Waals surface area contributed by atoms with Gasteiger partial charge >= 0.3 is 5.97 Å². The van der Waals surface area contributed by atoms with Gasteiger partial charge in [-0.05, 0) is 12.1 Å². The van der Waals surface area contributed by atoms with Crippen LogP contribution in [0.25, 0.3) is 1.43 Å². The average molecular weight is 123 g/mol. The zero-order valence-corrected chi connectivity index (χ0v) is 4.70. The van der Waals surface area contributed by atoms with Crippen LogP contribution in [0, 0.1) is 0 Å². The Bertz CT molecular complexity index is 220. The summed E-state index contributed by atoms with van der Waals surface area (Å²) in [5, 5.41) is 3.75. The van der Waals surface area contributed by atoms with E-state index in [0.717, 1.165) is 0 Å². The maximum Gasteiger partial charge on any atom is 0.335 e. The predicted octanol–water partition coefficient (Wildman–Crippen LogP) is 1.38. The highest BCUT2D eigenvalue weighted by Crippen LogP contribution is 1.96. The molecule has 1 rings (SSSR count). The van der Waals surface area contributed by atoms with Crippen LogP contribution in [0.5, 0.6) is 0 Å². The molecular formula is C7H6O2. The van der Waals surface area contributed by atoms with Crippen molar-refractivity contribution in [2.24, 2.45) is 0 Å². The van der Waals surface area contributed by atoms with Gasteiger partial charge in [-0.3, -0.25) is 0 Å². The van der Waals surface area contributed by atoms with Crippen LogP contribution in [0.3, 0.4) is 0 Å². The summed E-state index contributed by atoms with van der Waals surface area (Å²) in [5.41, 5.74) is 0.400. The third-order valence-corrected chi connectivity index (χ3v) is 1.01. The van der Waals surface area contributed by atoms with Crippen molar-refractivity contribution in [1.82, 2.24) is 0 Å². The molecule has 0 aliphatic rings. The standard InChI is InChI=1S/C7H6O2/c8-7(9)6-4-2-1-3-5-6/h1-5H,(H,8,9)/i/hD. The van der Waals surface area contributed by atoms with Crippen LogP contribution >= 0.6 is 0 Å². The van der Waals surface area contributed by atoms with Crippen molar-refractivity contribution < 1.29 is 9.90 Å². The Morgan fingerprint density at radius 2 is 2.11 bits per heavy atom. The number of benzene rings is 1. The molecule has 0 aliphatic heterocycles. The van der Waals surface area contributed by atoms with E-state index in [0.29, 0.717) is 5.56 Å². The van der Waals surface area contributed by atoms with E-state index in [2.05, 4.69) is 5.11 Å². The number of aromatic carboxylic acids is 1. The summed E-state index contributed by atoms with van der Waals surface area (Å²) in [7, 11) is 0. The molecule has 0 saturated heterocycles. The van der Waals surface area contributed by atoms with Gasteiger partial charge in [-0.1, -0.05) is 18.2 Å². The van der Waals surface area contributed by atoms with Gasteiger partial charge in [0.05, 0.1) is 5.56 Å². The maximum absolute atomic E-state index is 10.6. The number of carbonyl (C=O) groups is 1. The van der Waals surface area contributed by atoms with Gasteiger partial charge in [-0.25, -0.2) is 4.79 Å². The van der Waals surface area contributed by atoms with Crippen molar-refractivity contribution in [3.05, 3.63) is 35.9 Å². The Kier molecular flexibility index (Phi) is 1.17. The van der Waals surface area contributed by atoms with E-state index in [9.17, 15) is 4.79 Å². The van der Waals surface area contributed by atoms with E-state index >= 15 is 0 Å². The largest absolute Gasteiger partial charge is 0.478 e. The van der Waals surface area contributed by atoms with Crippen LogP contribution < -0.4 is 0 Å². The Hall–Kier alpha value is -1.31. The number of hydrogen-bond acceptors (Lipinski definition) is 2. The van der Waals surface area contributed by atoms with Gasteiger partial charge in [0.15, 0.2) is 0 Å². The summed E-state index contributed by atoms with van der Waals surface area (Å²) >= 11 is 0. The number of carboxylic acids is 1. The third-order valence-electron chi connectivity index (χ3n) is 1.01. The molecule has 1 aromatic rings. The number of carboxylic acid groups (broad SMARTS) is 1. The molecule has 0 saturated carbocycles. The van der Waals surface area contributed by atoms with Crippen molar-refractivity contribution in [3.63, 3.8) is 0 Å². The lowest BCUT2D eigenvalue weighted by atomic mass is 10.2. The van der Waals surface area contributed by atoms with E-state index in [-0.39, 0.29) is 0 Å². The first-order valence-electron chi connectivity index (χ1n) is 2.98. The first kappa shape index (κ1) is 4.56. The monoisotopic (exact) mass is 123 g/mol. The van der Waals surface area contributed by atoms with Crippen LogP contribution in [0.1, 0.15) is 10.4 Å². The molecule has 9 heavy (non-hydrogen) atoms. The molecule has 1 N–H and O–H groups in total. The van der Waals surface area contributed by atoms with Gasteiger partial charge < -0.3 is 5.11 Å². The van der Waals surface area contributed by atoms with Gasteiger partial charge in [0, 0.05) is 0 Å². The molecule has 1 aromatic carbocycles. The minimum Gasteiger partial charge on any atom is -0.478 e. The van der Waals surface area contributed by atoms with E-state index in [1.165, 1.54) is 0 Å². The molecule has 0 fully saturated rings. The van der Waals surface area contributed by atoms with Gasteiger partial charge in [-0.15, -0.1) is 0 Å². The first-order chi connectivity index (χ1) is 4.84. The Labute approximate surface area is 54.2 Å². The van der Waals surface area contributed by atoms with Crippen LogP contribution in [0.15, 0.2) is 30.3 Å². The normalized spacial score (nSPS) is 10.0. The highest BCUT2D eigenvalue weighted by atomic mass is 16.4. The Morgan fingerprint density at radius 1 is 1.44 bits per heavy atom. The molecule has 0 radical (unpaired) electrons. The van der Waals surface area contributed by atoms with Crippen LogP contribution in [0.4, 0.5) is 0 Å². The quantitative estimate of drug-likeness (QED) is 0.612. The van der Waals surface area contributed by atoms with E-state index < -0.39 is 5.97 Å². The van der Waals surface area contributed by atoms with E-state index in [4.69, 9.17) is 1.43 Å². The topological polar surface area (TPSA) is 37.3 Å². The smallest absolute Gasteiger partial charge is 0.335 e. The summed E-state index contributed by atoms with van der Waals surface area (Å²) in [5.74, 6) is -0.624.